The van der Waals surface area contributed by atoms with Crippen LogP contribution in [-0.4, -0.2) is 30.8 Å². The highest BCUT2D eigenvalue weighted by molar-refractivity contribution is 9.10. The summed E-state index contributed by atoms with van der Waals surface area (Å²) >= 11 is 3.41. The summed E-state index contributed by atoms with van der Waals surface area (Å²) < 4.78 is 0.961. The highest BCUT2D eigenvalue weighted by Crippen LogP contribution is 2.25. The van der Waals surface area contributed by atoms with Crippen LogP contribution < -0.4 is 15.5 Å². The number of amides is 3. The van der Waals surface area contributed by atoms with Crippen molar-refractivity contribution in [3.63, 3.8) is 0 Å². The second-order valence-corrected chi connectivity index (χ2v) is 7.83. The topological polar surface area (TPSA) is 78.5 Å². The van der Waals surface area contributed by atoms with E-state index in [1.807, 2.05) is 50.2 Å². The van der Waals surface area contributed by atoms with Gasteiger partial charge in [-0.15, -0.1) is 0 Å². The van der Waals surface area contributed by atoms with Gasteiger partial charge in [0.1, 0.15) is 0 Å². The van der Waals surface area contributed by atoms with Crippen molar-refractivity contribution in [2.45, 2.75) is 20.3 Å². The first-order chi connectivity index (χ1) is 13.3. The molecule has 0 spiro atoms. The van der Waals surface area contributed by atoms with E-state index < -0.39 is 5.92 Å². The third-order valence-corrected chi connectivity index (χ3v) is 5.60. The summed E-state index contributed by atoms with van der Waals surface area (Å²) in [5.41, 5.74) is 3.56. The van der Waals surface area contributed by atoms with E-state index in [9.17, 15) is 14.4 Å². The van der Waals surface area contributed by atoms with Crippen molar-refractivity contribution in [1.29, 1.82) is 0 Å². The number of hydrogen-bond donors (Lipinski definition) is 2. The Hall–Kier alpha value is -2.67. The molecule has 0 saturated carbocycles. The zero-order chi connectivity index (χ0) is 20.3. The molecule has 1 atom stereocenters. The van der Waals surface area contributed by atoms with Crippen LogP contribution in [0.1, 0.15) is 17.5 Å². The average molecular weight is 444 g/mol. The first kappa shape index (κ1) is 20.1. The van der Waals surface area contributed by atoms with Crippen LogP contribution in [-0.2, 0) is 14.4 Å². The highest BCUT2D eigenvalue weighted by atomic mass is 79.9. The highest BCUT2D eigenvalue weighted by Gasteiger charge is 2.35. The summed E-state index contributed by atoms with van der Waals surface area (Å²) in [6.45, 7) is 4.09. The number of carbonyl (C=O) groups excluding carboxylic acids is 3. The molecule has 3 amide bonds. The lowest BCUT2D eigenvalue weighted by molar-refractivity contribution is -0.127. The molecule has 1 aliphatic rings. The van der Waals surface area contributed by atoms with E-state index in [1.54, 1.807) is 11.0 Å². The molecular formula is C21H22BrN3O3. The van der Waals surface area contributed by atoms with Gasteiger partial charge >= 0.3 is 0 Å². The third-order valence-electron chi connectivity index (χ3n) is 4.71. The molecule has 0 aliphatic carbocycles. The molecule has 1 saturated heterocycles. The standard InChI is InChI=1S/C21H22BrN3O3/c1-13-3-6-17(7-4-13)25-12-15(10-20(25)27)21(28)23-11-19(26)24-16-5-8-18(22)14(2)9-16/h3-9,15H,10-12H2,1-2H3,(H,23,28)(H,24,26). The predicted molar refractivity (Wildman–Crippen MR) is 112 cm³/mol. The number of hydrogen-bond acceptors (Lipinski definition) is 3. The SMILES string of the molecule is Cc1ccc(N2CC(C(=O)NCC(=O)Nc3ccc(Br)c(C)c3)CC2=O)cc1. The second kappa shape index (κ2) is 8.56. The minimum Gasteiger partial charge on any atom is -0.347 e. The minimum absolute atomic E-state index is 0.0845. The van der Waals surface area contributed by atoms with E-state index in [0.717, 1.165) is 21.3 Å². The molecule has 1 aliphatic heterocycles. The van der Waals surface area contributed by atoms with E-state index in [4.69, 9.17) is 0 Å². The lowest BCUT2D eigenvalue weighted by Crippen LogP contribution is -2.37. The number of carbonyl (C=O) groups is 3. The Morgan fingerprint density at radius 2 is 1.86 bits per heavy atom. The Morgan fingerprint density at radius 1 is 1.14 bits per heavy atom. The Morgan fingerprint density at radius 3 is 2.54 bits per heavy atom. The Labute approximate surface area is 172 Å². The largest absolute Gasteiger partial charge is 0.347 e. The van der Waals surface area contributed by atoms with Gasteiger partial charge in [-0.25, -0.2) is 0 Å². The van der Waals surface area contributed by atoms with E-state index in [0.29, 0.717) is 12.2 Å². The number of halogens is 1. The van der Waals surface area contributed by atoms with Crippen molar-refractivity contribution in [1.82, 2.24) is 5.32 Å². The fourth-order valence-corrected chi connectivity index (χ4v) is 3.34. The Balaban J connectivity index is 1.52. The van der Waals surface area contributed by atoms with E-state index in [2.05, 4.69) is 26.6 Å². The van der Waals surface area contributed by atoms with Gasteiger partial charge in [-0.2, -0.15) is 0 Å². The van der Waals surface area contributed by atoms with Crippen LogP contribution in [0.25, 0.3) is 0 Å². The van der Waals surface area contributed by atoms with Gasteiger partial charge in [0.15, 0.2) is 0 Å². The van der Waals surface area contributed by atoms with Gasteiger partial charge in [-0.05, 0) is 49.7 Å². The van der Waals surface area contributed by atoms with E-state index in [1.165, 1.54) is 0 Å². The van der Waals surface area contributed by atoms with E-state index in [-0.39, 0.29) is 30.7 Å². The van der Waals surface area contributed by atoms with Crippen molar-refractivity contribution in [3.05, 3.63) is 58.1 Å². The number of rotatable bonds is 5. The maximum Gasteiger partial charge on any atom is 0.243 e. The molecule has 7 heteroatoms. The molecule has 6 nitrogen and oxygen atoms in total. The number of benzene rings is 2. The molecule has 2 N–H and O–H groups in total. The normalized spacial score (nSPS) is 16.2. The van der Waals surface area contributed by atoms with Gasteiger partial charge in [0.25, 0.3) is 0 Å². The molecule has 146 valence electrons. The van der Waals surface area contributed by atoms with Crippen LogP contribution in [0.2, 0.25) is 0 Å². The van der Waals surface area contributed by atoms with Crippen LogP contribution in [0.15, 0.2) is 46.9 Å². The number of nitrogens with zero attached hydrogens (tertiary/aromatic N) is 1. The van der Waals surface area contributed by atoms with Gasteiger partial charge in [0.05, 0.1) is 12.5 Å². The Kier molecular flexibility index (Phi) is 6.14. The molecule has 0 radical (unpaired) electrons. The lowest BCUT2D eigenvalue weighted by Gasteiger charge is -2.17. The Bertz CT molecular complexity index is 912. The fraction of sp³-hybridized carbons (Fsp3) is 0.286. The summed E-state index contributed by atoms with van der Waals surface area (Å²) in [6.07, 6.45) is 0.146. The molecule has 1 heterocycles. The average Bonchev–Trinajstić information content (AvgIpc) is 3.05. The zero-order valence-corrected chi connectivity index (χ0v) is 17.4. The smallest absolute Gasteiger partial charge is 0.243 e. The van der Waals surface area contributed by atoms with Gasteiger partial charge < -0.3 is 15.5 Å². The molecule has 1 unspecified atom stereocenters. The zero-order valence-electron chi connectivity index (χ0n) is 15.8. The van der Waals surface area contributed by atoms with Crippen molar-refractivity contribution in [2.75, 3.05) is 23.3 Å². The van der Waals surface area contributed by atoms with Gasteiger partial charge in [-0.1, -0.05) is 33.6 Å². The van der Waals surface area contributed by atoms with Gasteiger partial charge in [0.2, 0.25) is 17.7 Å². The molecule has 28 heavy (non-hydrogen) atoms. The molecule has 2 aromatic carbocycles. The van der Waals surface area contributed by atoms with Crippen LogP contribution in [0, 0.1) is 19.8 Å². The minimum atomic E-state index is -0.462. The predicted octanol–water partition coefficient (Wildman–Crippen LogP) is 3.17. The molecule has 3 rings (SSSR count). The molecule has 0 aromatic heterocycles. The maximum absolute atomic E-state index is 12.4. The van der Waals surface area contributed by atoms with Gasteiger partial charge in [0, 0.05) is 28.8 Å². The van der Waals surface area contributed by atoms with Crippen molar-refractivity contribution >= 4 is 45.0 Å². The van der Waals surface area contributed by atoms with Crippen LogP contribution >= 0.6 is 15.9 Å². The number of aryl methyl sites for hydroxylation is 2. The van der Waals surface area contributed by atoms with Crippen molar-refractivity contribution in [2.24, 2.45) is 5.92 Å². The van der Waals surface area contributed by atoms with Crippen molar-refractivity contribution in [3.8, 4) is 0 Å². The monoisotopic (exact) mass is 443 g/mol. The lowest BCUT2D eigenvalue weighted by atomic mass is 10.1. The maximum atomic E-state index is 12.4. The molecule has 1 fully saturated rings. The fourth-order valence-electron chi connectivity index (χ4n) is 3.10. The first-order valence-electron chi connectivity index (χ1n) is 9.04. The summed E-state index contributed by atoms with van der Waals surface area (Å²) in [5.74, 6) is -1.14. The van der Waals surface area contributed by atoms with Crippen molar-refractivity contribution < 1.29 is 14.4 Å². The quantitative estimate of drug-likeness (QED) is 0.744. The second-order valence-electron chi connectivity index (χ2n) is 6.97. The molecule has 2 aromatic rings. The summed E-state index contributed by atoms with van der Waals surface area (Å²) in [7, 11) is 0. The summed E-state index contributed by atoms with van der Waals surface area (Å²) in [5, 5.41) is 5.39. The number of nitrogens with one attached hydrogen (secondary N) is 2. The first-order valence-corrected chi connectivity index (χ1v) is 9.83. The summed E-state index contributed by atoms with van der Waals surface area (Å²) in [6, 6.07) is 13.1. The van der Waals surface area contributed by atoms with Gasteiger partial charge in [-0.3, -0.25) is 14.4 Å². The number of anilines is 2. The van der Waals surface area contributed by atoms with Crippen LogP contribution in [0.4, 0.5) is 11.4 Å². The van der Waals surface area contributed by atoms with Crippen LogP contribution in [0.3, 0.4) is 0 Å². The van der Waals surface area contributed by atoms with Crippen LogP contribution in [0.5, 0.6) is 0 Å². The molecule has 0 bridgehead atoms. The molecular weight excluding hydrogens is 422 g/mol. The summed E-state index contributed by atoms with van der Waals surface area (Å²) in [4.78, 5) is 38.4. The third kappa shape index (κ3) is 4.78. The van der Waals surface area contributed by atoms with E-state index >= 15 is 0 Å².